The highest BCUT2D eigenvalue weighted by Crippen LogP contribution is 2.62. The lowest BCUT2D eigenvalue weighted by atomic mass is 9.46. The number of fused-ring (bicyclic) bond motifs is 1. The van der Waals surface area contributed by atoms with E-state index in [1.54, 1.807) is 0 Å². The largest absolute Gasteiger partial charge is 0.481 e. The van der Waals surface area contributed by atoms with E-state index in [1.807, 2.05) is 6.92 Å². The Labute approximate surface area is 145 Å². The van der Waals surface area contributed by atoms with Crippen LogP contribution in [-0.2, 0) is 4.79 Å². The molecule has 0 heterocycles. The second-order valence-electron chi connectivity index (χ2n) is 8.28. The van der Waals surface area contributed by atoms with Crippen LogP contribution in [0.25, 0.3) is 0 Å². The van der Waals surface area contributed by atoms with Crippen LogP contribution in [0, 0.1) is 22.7 Å². The standard InChI is InChI=1S/C20H32O4/c1-13-7-9-17-19(3,10-5-11-20(17,4)18(23)24)15(13)8-6-14(2)16(22)12-21/h15-17,21-22H,1-2,5-12H2,3-4H3,(H,23,24)/t15-,16+,17-,19+,20-/m0/s1. The molecule has 0 spiro atoms. The van der Waals surface area contributed by atoms with Gasteiger partial charge in [-0.1, -0.05) is 32.1 Å². The lowest BCUT2D eigenvalue weighted by Gasteiger charge is -2.57. The van der Waals surface area contributed by atoms with Gasteiger partial charge in [-0.05, 0) is 68.3 Å². The Bertz CT molecular complexity index is 526. The summed E-state index contributed by atoms with van der Waals surface area (Å²) in [4.78, 5) is 12.0. The zero-order valence-corrected chi connectivity index (χ0v) is 15.1. The minimum Gasteiger partial charge on any atom is -0.481 e. The fourth-order valence-corrected chi connectivity index (χ4v) is 5.36. The number of aliphatic hydroxyl groups excluding tert-OH is 2. The molecular weight excluding hydrogens is 304 g/mol. The van der Waals surface area contributed by atoms with Gasteiger partial charge in [-0.2, -0.15) is 0 Å². The van der Waals surface area contributed by atoms with Crippen LogP contribution in [-0.4, -0.2) is 34.0 Å². The van der Waals surface area contributed by atoms with Gasteiger partial charge in [-0.15, -0.1) is 0 Å². The normalized spacial score (nSPS) is 37.6. The first-order valence-corrected chi connectivity index (χ1v) is 9.04. The molecule has 4 heteroatoms. The van der Waals surface area contributed by atoms with Crippen molar-refractivity contribution in [2.24, 2.45) is 22.7 Å². The molecule has 24 heavy (non-hydrogen) atoms. The maximum Gasteiger partial charge on any atom is 0.309 e. The Kier molecular flexibility index (Phi) is 5.61. The Balaban J connectivity index is 2.22. The third kappa shape index (κ3) is 3.18. The molecule has 2 aliphatic rings. The topological polar surface area (TPSA) is 77.8 Å². The minimum atomic E-state index is -0.874. The Morgan fingerprint density at radius 1 is 1.38 bits per heavy atom. The molecule has 0 amide bonds. The van der Waals surface area contributed by atoms with Gasteiger partial charge >= 0.3 is 5.97 Å². The Morgan fingerprint density at radius 2 is 2.04 bits per heavy atom. The molecule has 2 aliphatic carbocycles. The molecule has 4 nitrogen and oxygen atoms in total. The summed E-state index contributed by atoms with van der Waals surface area (Å²) < 4.78 is 0. The van der Waals surface area contributed by atoms with Gasteiger partial charge in [0.25, 0.3) is 0 Å². The number of hydrogen-bond donors (Lipinski definition) is 3. The lowest BCUT2D eigenvalue weighted by Crippen LogP contribution is -2.53. The summed E-state index contributed by atoms with van der Waals surface area (Å²) in [5, 5.41) is 28.6. The van der Waals surface area contributed by atoms with Gasteiger partial charge in [-0.25, -0.2) is 0 Å². The molecule has 0 aromatic heterocycles. The molecule has 2 rings (SSSR count). The predicted molar refractivity (Wildman–Crippen MR) is 94.5 cm³/mol. The van der Waals surface area contributed by atoms with Crippen molar-refractivity contribution in [3.8, 4) is 0 Å². The Hall–Kier alpha value is -1.13. The first-order chi connectivity index (χ1) is 11.2. The zero-order chi connectivity index (χ0) is 18.1. The van der Waals surface area contributed by atoms with E-state index in [0.717, 1.165) is 38.5 Å². The first-order valence-electron chi connectivity index (χ1n) is 9.04. The molecule has 2 fully saturated rings. The van der Waals surface area contributed by atoms with Gasteiger partial charge in [0.05, 0.1) is 18.1 Å². The molecule has 0 aromatic rings. The summed E-state index contributed by atoms with van der Waals surface area (Å²) in [6.07, 6.45) is 5.06. The van der Waals surface area contributed by atoms with Crippen molar-refractivity contribution in [1.29, 1.82) is 0 Å². The summed E-state index contributed by atoms with van der Waals surface area (Å²) in [7, 11) is 0. The third-order valence-corrected chi connectivity index (χ3v) is 6.91. The van der Waals surface area contributed by atoms with Crippen molar-refractivity contribution in [1.82, 2.24) is 0 Å². The van der Waals surface area contributed by atoms with E-state index in [1.165, 1.54) is 5.57 Å². The molecule has 136 valence electrons. The van der Waals surface area contributed by atoms with Crippen molar-refractivity contribution >= 4 is 5.97 Å². The quantitative estimate of drug-likeness (QED) is 0.648. The molecule has 0 aliphatic heterocycles. The predicted octanol–water partition coefficient (Wildman–Crippen LogP) is 3.54. The second-order valence-corrected chi connectivity index (χ2v) is 8.28. The molecule has 0 saturated heterocycles. The van der Waals surface area contributed by atoms with E-state index < -0.39 is 17.5 Å². The average Bonchev–Trinajstić information content (AvgIpc) is 2.52. The van der Waals surface area contributed by atoms with E-state index in [4.69, 9.17) is 5.11 Å². The summed E-state index contributed by atoms with van der Waals surface area (Å²) in [5.74, 6) is -0.273. The smallest absolute Gasteiger partial charge is 0.309 e. The van der Waals surface area contributed by atoms with E-state index in [9.17, 15) is 15.0 Å². The van der Waals surface area contributed by atoms with Crippen LogP contribution in [0.2, 0.25) is 0 Å². The van der Waals surface area contributed by atoms with Crippen LogP contribution in [0.5, 0.6) is 0 Å². The van der Waals surface area contributed by atoms with Crippen LogP contribution in [0.1, 0.15) is 58.8 Å². The first kappa shape index (κ1) is 19.2. The van der Waals surface area contributed by atoms with Gasteiger partial charge < -0.3 is 15.3 Å². The number of carboxylic acid groups (broad SMARTS) is 1. The van der Waals surface area contributed by atoms with Crippen molar-refractivity contribution < 1.29 is 20.1 Å². The molecule has 2 saturated carbocycles. The summed E-state index contributed by atoms with van der Waals surface area (Å²) >= 11 is 0. The van der Waals surface area contributed by atoms with E-state index in [0.29, 0.717) is 12.0 Å². The fourth-order valence-electron chi connectivity index (χ4n) is 5.36. The van der Waals surface area contributed by atoms with E-state index in [2.05, 4.69) is 20.1 Å². The third-order valence-electron chi connectivity index (χ3n) is 6.91. The van der Waals surface area contributed by atoms with Crippen molar-refractivity contribution in [2.45, 2.75) is 64.9 Å². The lowest BCUT2D eigenvalue weighted by molar-refractivity contribution is -0.164. The maximum atomic E-state index is 12.0. The summed E-state index contributed by atoms with van der Waals surface area (Å²) in [5.41, 5.74) is 1.13. The number of aliphatic carboxylic acids is 1. The number of hydrogen-bond acceptors (Lipinski definition) is 3. The zero-order valence-electron chi connectivity index (χ0n) is 15.1. The van der Waals surface area contributed by atoms with Crippen molar-refractivity contribution in [3.63, 3.8) is 0 Å². The van der Waals surface area contributed by atoms with Gasteiger partial charge in [0.15, 0.2) is 0 Å². The monoisotopic (exact) mass is 336 g/mol. The van der Waals surface area contributed by atoms with Crippen molar-refractivity contribution in [3.05, 3.63) is 24.3 Å². The van der Waals surface area contributed by atoms with Crippen molar-refractivity contribution in [2.75, 3.05) is 6.61 Å². The van der Waals surface area contributed by atoms with Crippen LogP contribution in [0.15, 0.2) is 24.3 Å². The second kappa shape index (κ2) is 7.01. The molecular formula is C20H32O4. The Morgan fingerprint density at radius 3 is 2.62 bits per heavy atom. The van der Waals surface area contributed by atoms with E-state index >= 15 is 0 Å². The molecule has 3 N–H and O–H groups in total. The van der Waals surface area contributed by atoms with Gasteiger partial charge in [0.2, 0.25) is 0 Å². The minimum absolute atomic E-state index is 0.0643. The van der Waals surface area contributed by atoms with Gasteiger partial charge in [0.1, 0.15) is 0 Å². The maximum absolute atomic E-state index is 12.0. The number of aliphatic hydroxyl groups is 2. The number of carboxylic acids is 1. The molecule has 5 atom stereocenters. The number of allylic oxidation sites excluding steroid dienone is 1. The summed E-state index contributed by atoms with van der Waals surface area (Å²) in [6, 6.07) is 0. The number of rotatable bonds is 6. The van der Waals surface area contributed by atoms with Crippen LogP contribution in [0.4, 0.5) is 0 Å². The summed E-state index contributed by atoms with van der Waals surface area (Å²) in [6.45, 7) is 12.0. The van der Waals surface area contributed by atoms with Gasteiger partial charge in [-0.3, -0.25) is 4.79 Å². The highest BCUT2D eigenvalue weighted by molar-refractivity contribution is 5.75. The fraction of sp³-hybridized carbons (Fsp3) is 0.750. The number of carbonyl (C=O) groups is 1. The molecule has 0 unspecified atom stereocenters. The van der Waals surface area contributed by atoms with E-state index in [-0.39, 0.29) is 23.9 Å². The molecule has 0 bridgehead atoms. The van der Waals surface area contributed by atoms with Crippen LogP contribution < -0.4 is 0 Å². The van der Waals surface area contributed by atoms with Crippen LogP contribution in [0.3, 0.4) is 0 Å². The SMILES string of the molecule is C=C(CC[C@H]1C(=C)CC[C@H]2[C@]1(C)CCC[C@]2(C)C(=O)O)[C@H](O)CO. The molecule has 0 radical (unpaired) electrons. The average molecular weight is 336 g/mol. The van der Waals surface area contributed by atoms with Gasteiger partial charge in [0, 0.05) is 0 Å². The molecule has 0 aromatic carbocycles. The van der Waals surface area contributed by atoms with Crippen LogP contribution >= 0.6 is 0 Å². The highest BCUT2D eigenvalue weighted by Gasteiger charge is 2.57. The highest BCUT2D eigenvalue weighted by atomic mass is 16.4.